The van der Waals surface area contributed by atoms with Gasteiger partial charge in [-0.1, -0.05) is 30.7 Å². The lowest BCUT2D eigenvalue weighted by Gasteiger charge is -2.39. The van der Waals surface area contributed by atoms with Crippen LogP contribution in [0.5, 0.6) is 0 Å². The van der Waals surface area contributed by atoms with Gasteiger partial charge in [0.2, 0.25) is 21.8 Å². The molecule has 10 heteroatoms. The van der Waals surface area contributed by atoms with Crippen LogP contribution in [-0.2, 0) is 30.9 Å². The van der Waals surface area contributed by atoms with Gasteiger partial charge in [-0.15, -0.1) is 0 Å². The van der Waals surface area contributed by atoms with E-state index in [1.807, 2.05) is 23.1 Å². The number of hydrogen-bond acceptors (Lipinski definition) is 5. The van der Waals surface area contributed by atoms with Crippen molar-refractivity contribution in [2.75, 3.05) is 45.6 Å². The average Bonchev–Trinajstić information content (AvgIpc) is 3.65. The number of methoxy groups -OCH3 is 1. The second-order valence-corrected chi connectivity index (χ2v) is 11.6. The van der Waals surface area contributed by atoms with Crippen LogP contribution in [0.4, 0.5) is 0 Å². The van der Waals surface area contributed by atoms with E-state index in [1.54, 1.807) is 17.9 Å². The molecule has 2 fully saturated rings. The summed E-state index contributed by atoms with van der Waals surface area (Å²) in [5, 5.41) is 0.585. The zero-order valence-electron chi connectivity index (χ0n) is 20.1. The highest BCUT2D eigenvalue weighted by molar-refractivity contribution is 7.89. The predicted octanol–water partition coefficient (Wildman–Crippen LogP) is 2.76. The van der Waals surface area contributed by atoms with Crippen molar-refractivity contribution in [1.29, 1.82) is 0 Å². The third-order valence-corrected chi connectivity index (χ3v) is 8.68. The number of sulfonamides is 1. The summed E-state index contributed by atoms with van der Waals surface area (Å²) in [5.41, 5.74) is 0.886. The summed E-state index contributed by atoms with van der Waals surface area (Å²) in [6.45, 7) is 3.48. The number of hydrogen-bond donors (Lipinski definition) is 0. The summed E-state index contributed by atoms with van der Waals surface area (Å²) in [4.78, 5) is 29.7. The van der Waals surface area contributed by atoms with Crippen LogP contribution >= 0.6 is 11.6 Å². The number of amides is 2. The Hall–Kier alpha value is -1.68. The summed E-state index contributed by atoms with van der Waals surface area (Å²) in [5.74, 6) is 0.143. The van der Waals surface area contributed by atoms with Crippen LogP contribution < -0.4 is 0 Å². The highest BCUT2D eigenvalue weighted by atomic mass is 35.5. The van der Waals surface area contributed by atoms with E-state index in [9.17, 15) is 18.0 Å². The van der Waals surface area contributed by atoms with Gasteiger partial charge in [0.25, 0.3) is 0 Å². The molecule has 1 aromatic rings. The van der Waals surface area contributed by atoms with Crippen LogP contribution in [0, 0.1) is 5.92 Å². The van der Waals surface area contributed by atoms with Crippen LogP contribution in [0.25, 0.3) is 0 Å². The fourth-order valence-corrected chi connectivity index (χ4v) is 6.02. The molecule has 1 heterocycles. The van der Waals surface area contributed by atoms with Crippen LogP contribution in [0.3, 0.4) is 0 Å². The minimum absolute atomic E-state index is 0.0139. The van der Waals surface area contributed by atoms with Crippen molar-refractivity contribution in [1.82, 2.24) is 14.1 Å². The molecule has 1 aliphatic heterocycles. The number of nitrogens with zero attached hydrogens (tertiary/aromatic N) is 3. The lowest BCUT2D eigenvalue weighted by atomic mass is 10.0. The molecule has 8 nitrogen and oxygen atoms in total. The summed E-state index contributed by atoms with van der Waals surface area (Å²) >= 11 is 6.17. The van der Waals surface area contributed by atoms with E-state index < -0.39 is 10.0 Å². The van der Waals surface area contributed by atoms with Gasteiger partial charge in [-0.25, -0.2) is 8.42 Å². The van der Waals surface area contributed by atoms with Gasteiger partial charge in [0.05, 0.1) is 18.9 Å². The van der Waals surface area contributed by atoms with Crippen molar-refractivity contribution in [3.05, 3.63) is 34.9 Å². The molecule has 0 spiro atoms. The molecule has 2 aliphatic rings. The molecule has 0 bridgehead atoms. The maximum Gasteiger partial charge on any atom is 0.238 e. The quantitative estimate of drug-likeness (QED) is 0.429. The molecule has 190 valence electrons. The number of benzene rings is 1. The molecular weight excluding hydrogens is 478 g/mol. The van der Waals surface area contributed by atoms with Gasteiger partial charge in [-0.2, -0.15) is 4.31 Å². The molecule has 0 atom stereocenters. The normalized spacial score (nSPS) is 17.2. The van der Waals surface area contributed by atoms with Crippen molar-refractivity contribution in [2.24, 2.45) is 5.92 Å². The minimum Gasteiger partial charge on any atom is -0.383 e. The second-order valence-electron chi connectivity index (χ2n) is 9.12. The van der Waals surface area contributed by atoms with Gasteiger partial charge in [0.1, 0.15) is 0 Å². The van der Waals surface area contributed by atoms with E-state index in [0.717, 1.165) is 18.4 Å². The maximum absolute atomic E-state index is 13.6. The Bertz CT molecular complexity index is 946. The number of ether oxygens (including phenoxy) is 1. The van der Waals surface area contributed by atoms with Crippen molar-refractivity contribution < 1.29 is 22.7 Å². The van der Waals surface area contributed by atoms with E-state index in [4.69, 9.17) is 16.3 Å². The third-order valence-electron chi connectivity index (χ3n) is 6.42. The molecule has 1 saturated carbocycles. The van der Waals surface area contributed by atoms with E-state index in [1.165, 1.54) is 11.4 Å². The summed E-state index contributed by atoms with van der Waals surface area (Å²) in [6, 6.07) is 7.28. The number of carbonyl (C=O) groups excluding carboxylic acids is 2. The lowest BCUT2D eigenvalue weighted by molar-refractivity contribution is -0.138. The topological polar surface area (TPSA) is 87.2 Å². The van der Waals surface area contributed by atoms with Crippen LogP contribution in [0.1, 0.15) is 44.6 Å². The standard InChI is InChI=1S/C24H36ClN3O5S/c1-3-15-34(31,32)27(13-14-33-2)18-23(29)28(17-19-5-4-6-21(25)16-19)22-9-11-26(12-10-22)24(30)20-7-8-20/h4-6,16,20,22H,3,7-15,17-18H2,1-2H3. The van der Waals surface area contributed by atoms with E-state index >= 15 is 0 Å². The molecule has 0 unspecified atom stereocenters. The summed E-state index contributed by atoms with van der Waals surface area (Å²) < 4.78 is 31.9. The molecule has 2 amide bonds. The van der Waals surface area contributed by atoms with Gasteiger partial charge in [0.15, 0.2) is 0 Å². The van der Waals surface area contributed by atoms with Gasteiger partial charge in [-0.3, -0.25) is 9.59 Å². The number of likely N-dealkylation sites (tertiary alicyclic amines) is 1. The Labute approximate surface area is 208 Å². The average molecular weight is 514 g/mol. The first-order valence-electron chi connectivity index (χ1n) is 12.0. The SMILES string of the molecule is CCCS(=O)(=O)N(CCOC)CC(=O)N(Cc1cccc(Cl)c1)C1CCN(C(=O)C2CC2)CC1. The largest absolute Gasteiger partial charge is 0.383 e. The number of rotatable bonds is 12. The van der Waals surface area contributed by atoms with Crippen molar-refractivity contribution in [3.63, 3.8) is 0 Å². The predicted molar refractivity (Wildman–Crippen MR) is 132 cm³/mol. The molecule has 34 heavy (non-hydrogen) atoms. The van der Waals surface area contributed by atoms with Gasteiger partial charge in [-0.05, 0) is 49.8 Å². The molecule has 0 radical (unpaired) electrons. The third kappa shape index (κ3) is 7.41. The van der Waals surface area contributed by atoms with E-state index in [-0.39, 0.29) is 49.2 Å². The molecule has 1 saturated heterocycles. The summed E-state index contributed by atoms with van der Waals surface area (Å²) in [6.07, 6.45) is 3.76. The van der Waals surface area contributed by atoms with E-state index in [2.05, 4.69) is 0 Å². The second kappa shape index (κ2) is 12.3. The summed E-state index contributed by atoms with van der Waals surface area (Å²) in [7, 11) is -2.07. The monoisotopic (exact) mass is 513 g/mol. The smallest absolute Gasteiger partial charge is 0.238 e. The number of carbonyl (C=O) groups is 2. The van der Waals surface area contributed by atoms with Crippen molar-refractivity contribution in [2.45, 2.75) is 51.6 Å². The molecule has 0 N–H and O–H groups in total. The van der Waals surface area contributed by atoms with Crippen molar-refractivity contribution in [3.8, 4) is 0 Å². The fraction of sp³-hybridized carbons (Fsp3) is 0.667. The maximum atomic E-state index is 13.6. The highest BCUT2D eigenvalue weighted by Gasteiger charge is 2.37. The zero-order chi connectivity index (χ0) is 24.7. The van der Waals surface area contributed by atoms with Gasteiger partial charge in [0, 0.05) is 50.3 Å². The minimum atomic E-state index is -3.57. The molecule has 0 aromatic heterocycles. The molecule has 1 aliphatic carbocycles. The first-order chi connectivity index (χ1) is 16.2. The Morgan fingerprint density at radius 3 is 2.47 bits per heavy atom. The number of piperidine rings is 1. The van der Waals surface area contributed by atoms with Crippen LogP contribution in [-0.4, -0.2) is 86.0 Å². The van der Waals surface area contributed by atoms with Gasteiger partial charge >= 0.3 is 0 Å². The Morgan fingerprint density at radius 1 is 1.18 bits per heavy atom. The zero-order valence-corrected chi connectivity index (χ0v) is 21.7. The molecular formula is C24H36ClN3O5S. The Kier molecular flexibility index (Phi) is 9.76. The Balaban J connectivity index is 1.76. The van der Waals surface area contributed by atoms with Crippen LogP contribution in [0.15, 0.2) is 24.3 Å². The van der Waals surface area contributed by atoms with Crippen molar-refractivity contribution >= 4 is 33.4 Å². The van der Waals surface area contributed by atoms with Gasteiger partial charge < -0.3 is 14.5 Å². The first-order valence-corrected chi connectivity index (χ1v) is 14.0. The molecule has 3 rings (SSSR count). The Morgan fingerprint density at radius 2 is 1.88 bits per heavy atom. The van der Waals surface area contributed by atoms with E-state index in [0.29, 0.717) is 43.9 Å². The fourth-order valence-electron chi connectivity index (χ4n) is 4.38. The number of halogens is 1. The first kappa shape index (κ1) is 26.9. The molecule has 1 aromatic carbocycles. The lowest BCUT2D eigenvalue weighted by Crippen LogP contribution is -2.52. The van der Waals surface area contributed by atoms with Crippen LogP contribution in [0.2, 0.25) is 5.02 Å². The highest BCUT2D eigenvalue weighted by Crippen LogP contribution is 2.32.